The summed E-state index contributed by atoms with van der Waals surface area (Å²) in [6, 6.07) is 5.84. The van der Waals surface area contributed by atoms with Crippen LogP contribution in [0.3, 0.4) is 0 Å². The SMILES string of the molecule is COc1cc(CC(=O)Nc2nc3c(s2)CN(C)CC3)ccc1C. The topological polar surface area (TPSA) is 54.5 Å². The molecular formula is C17H21N3O2S. The van der Waals surface area contributed by atoms with Gasteiger partial charge >= 0.3 is 0 Å². The molecule has 0 saturated carbocycles. The maximum atomic E-state index is 12.2. The van der Waals surface area contributed by atoms with Crippen molar-refractivity contribution in [3.8, 4) is 5.75 Å². The Bertz CT molecular complexity index is 727. The Morgan fingerprint density at radius 2 is 2.30 bits per heavy atom. The van der Waals surface area contributed by atoms with E-state index in [2.05, 4.69) is 22.2 Å². The lowest BCUT2D eigenvalue weighted by molar-refractivity contribution is -0.115. The number of ether oxygens (including phenoxy) is 1. The van der Waals surface area contributed by atoms with Crippen LogP contribution in [-0.4, -0.2) is 36.5 Å². The number of methoxy groups -OCH3 is 1. The molecule has 0 unspecified atom stereocenters. The first-order chi connectivity index (χ1) is 11.0. The first kappa shape index (κ1) is 16.0. The second-order valence-corrected chi connectivity index (χ2v) is 6.99. The minimum atomic E-state index is -0.0460. The Kier molecular flexibility index (Phi) is 4.63. The highest BCUT2D eigenvalue weighted by Crippen LogP contribution is 2.28. The van der Waals surface area contributed by atoms with Gasteiger partial charge in [-0.15, -0.1) is 11.3 Å². The molecule has 0 atom stereocenters. The largest absolute Gasteiger partial charge is 0.496 e. The lowest BCUT2D eigenvalue weighted by atomic mass is 10.1. The molecule has 0 fully saturated rings. The summed E-state index contributed by atoms with van der Waals surface area (Å²) in [4.78, 5) is 20.3. The summed E-state index contributed by atoms with van der Waals surface area (Å²) in [6.07, 6.45) is 1.27. The van der Waals surface area contributed by atoms with Crippen LogP contribution in [0.2, 0.25) is 0 Å². The molecule has 3 rings (SSSR count). The summed E-state index contributed by atoms with van der Waals surface area (Å²) in [5.41, 5.74) is 3.12. The van der Waals surface area contributed by atoms with E-state index in [1.807, 2.05) is 25.1 Å². The fourth-order valence-corrected chi connectivity index (χ4v) is 3.80. The van der Waals surface area contributed by atoms with E-state index in [0.29, 0.717) is 11.6 Å². The van der Waals surface area contributed by atoms with Crippen LogP contribution in [0.1, 0.15) is 21.7 Å². The summed E-state index contributed by atoms with van der Waals surface area (Å²) in [7, 11) is 3.75. The average molecular weight is 331 g/mol. The Morgan fingerprint density at radius 3 is 3.09 bits per heavy atom. The van der Waals surface area contributed by atoms with E-state index in [1.54, 1.807) is 18.4 Å². The number of fused-ring (bicyclic) bond motifs is 1. The van der Waals surface area contributed by atoms with Crippen LogP contribution in [0.5, 0.6) is 5.75 Å². The number of carbonyl (C=O) groups is 1. The molecular weight excluding hydrogens is 310 g/mol. The van der Waals surface area contributed by atoms with Crippen molar-refractivity contribution in [2.24, 2.45) is 0 Å². The Morgan fingerprint density at radius 1 is 1.48 bits per heavy atom. The Hall–Kier alpha value is -1.92. The average Bonchev–Trinajstić information content (AvgIpc) is 2.90. The number of carbonyl (C=O) groups excluding carboxylic acids is 1. The zero-order valence-corrected chi connectivity index (χ0v) is 14.5. The van der Waals surface area contributed by atoms with Crippen molar-refractivity contribution in [2.45, 2.75) is 26.3 Å². The molecule has 1 aliphatic rings. The number of aryl methyl sites for hydroxylation is 1. The molecule has 23 heavy (non-hydrogen) atoms. The molecule has 0 spiro atoms. The van der Waals surface area contributed by atoms with E-state index in [9.17, 15) is 4.79 Å². The molecule has 2 heterocycles. The van der Waals surface area contributed by atoms with Gasteiger partial charge in [0.15, 0.2) is 5.13 Å². The fourth-order valence-electron chi connectivity index (χ4n) is 2.70. The first-order valence-corrected chi connectivity index (χ1v) is 8.47. The van der Waals surface area contributed by atoms with Gasteiger partial charge in [-0.1, -0.05) is 12.1 Å². The molecule has 122 valence electrons. The van der Waals surface area contributed by atoms with Crippen molar-refractivity contribution in [1.82, 2.24) is 9.88 Å². The number of nitrogens with one attached hydrogen (secondary N) is 1. The van der Waals surface area contributed by atoms with Crippen molar-refractivity contribution >= 4 is 22.4 Å². The molecule has 1 N–H and O–H groups in total. The van der Waals surface area contributed by atoms with Gasteiger partial charge in [-0.3, -0.25) is 4.79 Å². The van der Waals surface area contributed by atoms with Crippen LogP contribution in [0.15, 0.2) is 18.2 Å². The van der Waals surface area contributed by atoms with E-state index < -0.39 is 0 Å². The van der Waals surface area contributed by atoms with Gasteiger partial charge in [0, 0.05) is 24.4 Å². The number of hydrogen-bond donors (Lipinski definition) is 1. The van der Waals surface area contributed by atoms with Gasteiger partial charge in [0.05, 0.1) is 19.2 Å². The van der Waals surface area contributed by atoms with Crippen molar-refractivity contribution in [3.05, 3.63) is 39.9 Å². The highest BCUT2D eigenvalue weighted by atomic mass is 32.1. The summed E-state index contributed by atoms with van der Waals surface area (Å²) in [5, 5.41) is 3.63. The predicted octanol–water partition coefficient (Wildman–Crippen LogP) is 2.63. The number of benzene rings is 1. The van der Waals surface area contributed by atoms with Gasteiger partial charge < -0.3 is 15.0 Å². The summed E-state index contributed by atoms with van der Waals surface area (Å²) in [5.74, 6) is 0.762. The van der Waals surface area contributed by atoms with Gasteiger partial charge in [0.25, 0.3) is 0 Å². The van der Waals surface area contributed by atoms with Crippen LogP contribution in [0.4, 0.5) is 5.13 Å². The van der Waals surface area contributed by atoms with Gasteiger partial charge in [-0.2, -0.15) is 0 Å². The third kappa shape index (κ3) is 3.71. The van der Waals surface area contributed by atoms with Crippen LogP contribution in [0, 0.1) is 6.92 Å². The number of anilines is 1. The lowest BCUT2D eigenvalue weighted by Gasteiger charge is -2.20. The molecule has 5 nitrogen and oxygen atoms in total. The quantitative estimate of drug-likeness (QED) is 0.936. The van der Waals surface area contributed by atoms with Crippen molar-refractivity contribution in [3.63, 3.8) is 0 Å². The molecule has 6 heteroatoms. The van der Waals surface area contributed by atoms with E-state index >= 15 is 0 Å². The number of nitrogens with zero attached hydrogens (tertiary/aromatic N) is 2. The van der Waals surface area contributed by atoms with E-state index in [4.69, 9.17) is 4.74 Å². The second kappa shape index (κ2) is 6.68. The lowest BCUT2D eigenvalue weighted by Crippen LogP contribution is -2.25. The van der Waals surface area contributed by atoms with Crippen LogP contribution < -0.4 is 10.1 Å². The van der Waals surface area contributed by atoms with E-state index in [0.717, 1.165) is 42.1 Å². The monoisotopic (exact) mass is 331 g/mol. The zero-order valence-electron chi connectivity index (χ0n) is 13.7. The molecule has 1 aromatic heterocycles. The number of likely N-dealkylation sites (N-methyl/N-ethyl adjacent to an activating group) is 1. The Labute approximate surface area is 140 Å². The van der Waals surface area contributed by atoms with Gasteiger partial charge in [-0.25, -0.2) is 4.98 Å². The minimum absolute atomic E-state index is 0.0460. The molecule has 0 saturated heterocycles. The number of hydrogen-bond acceptors (Lipinski definition) is 5. The normalized spacial score (nSPS) is 14.4. The van der Waals surface area contributed by atoms with Crippen molar-refractivity contribution in [2.75, 3.05) is 26.0 Å². The maximum Gasteiger partial charge on any atom is 0.230 e. The summed E-state index contributed by atoms with van der Waals surface area (Å²) < 4.78 is 5.30. The first-order valence-electron chi connectivity index (χ1n) is 7.65. The highest BCUT2D eigenvalue weighted by Gasteiger charge is 2.19. The third-order valence-electron chi connectivity index (χ3n) is 4.01. The summed E-state index contributed by atoms with van der Waals surface area (Å²) in [6.45, 7) is 3.92. The number of thiazole rings is 1. The minimum Gasteiger partial charge on any atom is -0.496 e. The fraction of sp³-hybridized carbons (Fsp3) is 0.412. The highest BCUT2D eigenvalue weighted by molar-refractivity contribution is 7.15. The van der Waals surface area contributed by atoms with Crippen LogP contribution in [-0.2, 0) is 24.2 Å². The zero-order chi connectivity index (χ0) is 16.4. The van der Waals surface area contributed by atoms with Crippen LogP contribution >= 0.6 is 11.3 Å². The second-order valence-electron chi connectivity index (χ2n) is 5.91. The number of rotatable bonds is 4. The smallest absolute Gasteiger partial charge is 0.230 e. The van der Waals surface area contributed by atoms with E-state index in [-0.39, 0.29) is 5.91 Å². The van der Waals surface area contributed by atoms with Gasteiger partial charge in [0.1, 0.15) is 5.75 Å². The Balaban J connectivity index is 1.66. The molecule has 0 aliphatic carbocycles. The third-order valence-corrected chi connectivity index (χ3v) is 5.00. The van der Waals surface area contributed by atoms with Crippen molar-refractivity contribution in [1.29, 1.82) is 0 Å². The molecule has 1 amide bonds. The van der Waals surface area contributed by atoms with Gasteiger partial charge in [0.2, 0.25) is 5.91 Å². The molecule has 2 aromatic rings. The molecule has 1 aliphatic heterocycles. The maximum absolute atomic E-state index is 12.2. The van der Waals surface area contributed by atoms with Crippen molar-refractivity contribution < 1.29 is 9.53 Å². The number of amides is 1. The standard InChI is InChI=1S/C17H21N3O2S/c1-11-4-5-12(8-14(11)22-3)9-16(21)19-17-18-13-6-7-20(2)10-15(13)23-17/h4-5,8H,6-7,9-10H2,1-3H3,(H,18,19,21). The molecule has 1 aromatic carbocycles. The molecule has 0 bridgehead atoms. The molecule has 0 radical (unpaired) electrons. The number of aromatic nitrogens is 1. The van der Waals surface area contributed by atoms with E-state index in [1.165, 1.54) is 4.88 Å². The predicted molar refractivity (Wildman–Crippen MR) is 92.2 cm³/mol. The van der Waals surface area contributed by atoms with Crippen LogP contribution in [0.25, 0.3) is 0 Å². The van der Waals surface area contributed by atoms with Gasteiger partial charge in [-0.05, 0) is 31.2 Å². The summed E-state index contributed by atoms with van der Waals surface area (Å²) >= 11 is 1.58.